The van der Waals surface area contributed by atoms with Gasteiger partial charge in [-0.15, -0.1) is 10.2 Å². The second-order valence-corrected chi connectivity index (χ2v) is 8.52. The molecule has 1 unspecified atom stereocenters. The van der Waals surface area contributed by atoms with E-state index in [-0.39, 0.29) is 6.04 Å². The molecule has 2 N–H and O–H groups in total. The summed E-state index contributed by atoms with van der Waals surface area (Å²) in [7, 11) is 1.98. The van der Waals surface area contributed by atoms with Crippen LogP contribution in [0.1, 0.15) is 24.7 Å². The zero-order valence-electron chi connectivity index (χ0n) is 19.3. The number of benzene rings is 2. The van der Waals surface area contributed by atoms with Gasteiger partial charge in [0.25, 0.3) is 0 Å². The van der Waals surface area contributed by atoms with Gasteiger partial charge in [-0.05, 0) is 57.6 Å². The van der Waals surface area contributed by atoms with Gasteiger partial charge < -0.3 is 15.2 Å². The lowest BCUT2D eigenvalue weighted by molar-refractivity contribution is 0.656. The highest BCUT2D eigenvalue weighted by Crippen LogP contribution is 2.31. The number of aromatic nitrogens is 5. The Balaban J connectivity index is 1.65. The maximum absolute atomic E-state index is 4.95. The van der Waals surface area contributed by atoms with Gasteiger partial charge in [0.1, 0.15) is 5.69 Å². The Morgan fingerprint density at radius 3 is 2.58 bits per heavy atom. The highest BCUT2D eigenvalue weighted by atomic mass is 15.4. The number of hydrogen-bond donors (Lipinski definition) is 2. The van der Waals surface area contributed by atoms with Gasteiger partial charge in [-0.1, -0.05) is 48.5 Å². The first-order valence-electron chi connectivity index (χ1n) is 11.4. The zero-order valence-corrected chi connectivity index (χ0v) is 19.3. The minimum absolute atomic E-state index is 0.281. The summed E-state index contributed by atoms with van der Waals surface area (Å²) < 4.78 is 4.18. The molecule has 168 valence electrons. The van der Waals surface area contributed by atoms with Crippen LogP contribution in [0.15, 0.2) is 66.7 Å². The van der Waals surface area contributed by atoms with Gasteiger partial charge in [0.05, 0.1) is 11.4 Å². The SMILES string of the molecule is CNCCC(C)Nc1cc(-c2cc3ccccc3n2Cc2ccccc2)nn2c(C)nnc12. The van der Waals surface area contributed by atoms with E-state index >= 15 is 0 Å². The van der Waals surface area contributed by atoms with Crippen molar-refractivity contribution in [2.24, 2.45) is 0 Å². The number of rotatable bonds is 8. The van der Waals surface area contributed by atoms with Crippen molar-refractivity contribution in [3.63, 3.8) is 0 Å². The molecule has 7 heteroatoms. The fourth-order valence-corrected chi connectivity index (χ4v) is 4.27. The normalized spacial score (nSPS) is 12.5. The first-order chi connectivity index (χ1) is 16.1. The summed E-state index contributed by atoms with van der Waals surface area (Å²) in [6.45, 7) is 5.83. The molecule has 1 atom stereocenters. The third-order valence-electron chi connectivity index (χ3n) is 6.01. The van der Waals surface area contributed by atoms with Crippen LogP contribution in [0.5, 0.6) is 0 Å². The Labute approximate surface area is 193 Å². The van der Waals surface area contributed by atoms with Crippen LogP contribution in [0, 0.1) is 6.92 Å². The van der Waals surface area contributed by atoms with Gasteiger partial charge in [0.2, 0.25) is 5.65 Å². The first kappa shape index (κ1) is 21.2. The highest BCUT2D eigenvalue weighted by Gasteiger charge is 2.18. The van der Waals surface area contributed by atoms with Crippen LogP contribution in [-0.2, 0) is 6.54 Å². The number of nitrogens with one attached hydrogen (secondary N) is 2. The van der Waals surface area contributed by atoms with E-state index in [2.05, 4.69) is 99.1 Å². The van der Waals surface area contributed by atoms with Crippen LogP contribution in [0.4, 0.5) is 5.69 Å². The van der Waals surface area contributed by atoms with Crippen LogP contribution < -0.4 is 10.6 Å². The minimum atomic E-state index is 0.281. The smallest absolute Gasteiger partial charge is 0.200 e. The molecule has 0 bridgehead atoms. The largest absolute Gasteiger partial charge is 0.379 e. The molecule has 0 aliphatic carbocycles. The van der Waals surface area contributed by atoms with Gasteiger partial charge in [-0.2, -0.15) is 9.61 Å². The number of aryl methyl sites for hydroxylation is 1. The van der Waals surface area contributed by atoms with Crippen molar-refractivity contribution in [3.8, 4) is 11.4 Å². The van der Waals surface area contributed by atoms with E-state index in [1.807, 2.05) is 18.5 Å². The molecule has 0 fully saturated rings. The Morgan fingerprint density at radius 2 is 1.76 bits per heavy atom. The predicted octanol–water partition coefficient (Wildman–Crippen LogP) is 4.51. The van der Waals surface area contributed by atoms with Gasteiger partial charge in [0, 0.05) is 23.5 Å². The van der Waals surface area contributed by atoms with E-state index in [1.54, 1.807) is 0 Å². The summed E-state index contributed by atoms with van der Waals surface area (Å²) in [5, 5.41) is 21.7. The molecule has 5 rings (SSSR count). The Hall–Kier alpha value is -3.71. The van der Waals surface area contributed by atoms with Crippen LogP contribution >= 0.6 is 0 Å². The summed E-state index contributed by atoms with van der Waals surface area (Å²) in [6, 6.07) is 23.6. The van der Waals surface area contributed by atoms with Crippen LogP contribution in [0.3, 0.4) is 0 Å². The third-order valence-corrected chi connectivity index (χ3v) is 6.01. The van der Waals surface area contributed by atoms with Gasteiger partial charge >= 0.3 is 0 Å². The first-order valence-corrected chi connectivity index (χ1v) is 11.4. The molecule has 0 radical (unpaired) electrons. The molecule has 0 aliphatic heterocycles. The fraction of sp³-hybridized carbons (Fsp3) is 0.269. The van der Waals surface area contributed by atoms with Crippen molar-refractivity contribution >= 4 is 22.2 Å². The average molecular weight is 440 g/mol. The summed E-state index contributed by atoms with van der Waals surface area (Å²) in [4.78, 5) is 0. The Bertz CT molecular complexity index is 1380. The van der Waals surface area contributed by atoms with Crippen molar-refractivity contribution in [1.82, 2.24) is 29.7 Å². The van der Waals surface area contributed by atoms with E-state index in [1.165, 1.54) is 16.5 Å². The molecule has 0 saturated heterocycles. The summed E-state index contributed by atoms with van der Waals surface area (Å²) in [6.07, 6.45) is 1.00. The zero-order chi connectivity index (χ0) is 22.8. The molecule has 0 spiro atoms. The van der Waals surface area contributed by atoms with Gasteiger partial charge in [-0.25, -0.2) is 0 Å². The minimum Gasteiger partial charge on any atom is -0.379 e. The highest BCUT2D eigenvalue weighted by molar-refractivity contribution is 5.87. The number of anilines is 1. The van der Waals surface area contributed by atoms with E-state index in [9.17, 15) is 0 Å². The van der Waals surface area contributed by atoms with Crippen molar-refractivity contribution in [2.45, 2.75) is 32.9 Å². The maximum Gasteiger partial charge on any atom is 0.200 e. The van der Waals surface area contributed by atoms with E-state index in [0.717, 1.165) is 48.1 Å². The van der Waals surface area contributed by atoms with Gasteiger partial charge in [0.15, 0.2) is 5.82 Å². The standard InChI is InChI=1S/C26H29N7/c1-18(13-14-27-3)28-23-16-22(31-33-19(2)29-30-26(23)33)25-15-21-11-7-8-12-24(21)32(25)17-20-9-5-4-6-10-20/h4-12,15-16,18,27-28H,13-14,17H2,1-3H3. The van der Waals surface area contributed by atoms with E-state index in [4.69, 9.17) is 5.10 Å². The molecular weight excluding hydrogens is 410 g/mol. The predicted molar refractivity (Wildman–Crippen MR) is 134 cm³/mol. The van der Waals surface area contributed by atoms with Crippen molar-refractivity contribution in [1.29, 1.82) is 0 Å². The molecular formula is C26H29N7. The monoisotopic (exact) mass is 439 g/mol. The van der Waals surface area contributed by atoms with Crippen molar-refractivity contribution in [3.05, 3.63) is 78.1 Å². The number of nitrogens with zero attached hydrogens (tertiary/aromatic N) is 5. The molecule has 3 heterocycles. The average Bonchev–Trinajstić information content (AvgIpc) is 3.39. The topological polar surface area (TPSA) is 72.1 Å². The van der Waals surface area contributed by atoms with Crippen molar-refractivity contribution < 1.29 is 0 Å². The second-order valence-electron chi connectivity index (χ2n) is 8.52. The van der Waals surface area contributed by atoms with Crippen LogP contribution in [0.2, 0.25) is 0 Å². The molecule has 0 aliphatic rings. The molecule has 3 aromatic heterocycles. The Kier molecular flexibility index (Phi) is 5.79. The second kappa shape index (κ2) is 9.03. The van der Waals surface area contributed by atoms with Crippen LogP contribution in [-0.4, -0.2) is 44.0 Å². The molecule has 5 aromatic rings. The van der Waals surface area contributed by atoms with Crippen molar-refractivity contribution in [2.75, 3.05) is 18.9 Å². The van der Waals surface area contributed by atoms with Gasteiger partial charge in [-0.3, -0.25) is 0 Å². The maximum atomic E-state index is 4.95. The lowest BCUT2D eigenvalue weighted by Gasteiger charge is -2.17. The summed E-state index contributed by atoms with van der Waals surface area (Å²) in [5.41, 5.74) is 6.09. The molecule has 33 heavy (non-hydrogen) atoms. The Morgan fingerprint density at radius 1 is 0.970 bits per heavy atom. The number of fused-ring (bicyclic) bond motifs is 2. The van der Waals surface area contributed by atoms with E-state index in [0.29, 0.717) is 0 Å². The van der Waals surface area contributed by atoms with Crippen LogP contribution in [0.25, 0.3) is 27.9 Å². The third kappa shape index (κ3) is 4.19. The summed E-state index contributed by atoms with van der Waals surface area (Å²) in [5.74, 6) is 0.767. The molecule has 7 nitrogen and oxygen atoms in total. The number of hydrogen-bond acceptors (Lipinski definition) is 5. The van der Waals surface area contributed by atoms with E-state index < -0.39 is 0 Å². The lowest BCUT2D eigenvalue weighted by Crippen LogP contribution is -2.22. The molecule has 0 amide bonds. The summed E-state index contributed by atoms with van der Waals surface area (Å²) >= 11 is 0. The molecule has 0 saturated carbocycles. The number of para-hydroxylation sites is 1. The quantitative estimate of drug-likeness (QED) is 0.372. The lowest BCUT2D eigenvalue weighted by atomic mass is 10.2. The molecule has 2 aromatic carbocycles. The fourth-order valence-electron chi connectivity index (χ4n) is 4.27.